The van der Waals surface area contributed by atoms with E-state index < -0.39 is 11.8 Å². The molecule has 0 amide bonds. The summed E-state index contributed by atoms with van der Waals surface area (Å²) < 4.78 is 13.6. The highest BCUT2D eigenvalue weighted by Gasteiger charge is 2.16. The number of aromatic carboxylic acids is 1. The molecule has 0 heterocycles. The molecule has 0 saturated carbocycles. The highest BCUT2D eigenvalue weighted by Crippen LogP contribution is 2.26. The highest BCUT2D eigenvalue weighted by molar-refractivity contribution is 5.97. The topological polar surface area (TPSA) is 54.4 Å². The molecular formula is C15H11FO3. The van der Waals surface area contributed by atoms with Crippen LogP contribution in [0.25, 0.3) is 11.1 Å². The molecule has 0 aromatic heterocycles. The Bertz CT molecular complexity index is 645. The Kier molecular flexibility index (Phi) is 3.42. The van der Waals surface area contributed by atoms with Crippen molar-refractivity contribution in [3.8, 4) is 11.1 Å². The second kappa shape index (κ2) is 5.02. The molecule has 1 N–H and O–H groups in total. The summed E-state index contributed by atoms with van der Waals surface area (Å²) >= 11 is 0. The average molecular weight is 258 g/mol. The standard InChI is InChI=1S/C15H11FO3/c1-9(17)10-5-7-11(8-6-10)12-3-2-4-13(16)14(12)15(18)19/h2-8H,1H3,(H,18,19). The molecule has 0 bridgehead atoms. The van der Waals surface area contributed by atoms with Crippen LogP contribution in [0, 0.1) is 5.82 Å². The SMILES string of the molecule is CC(=O)c1ccc(-c2cccc(F)c2C(=O)O)cc1. The first-order valence-corrected chi connectivity index (χ1v) is 5.64. The number of halogens is 1. The molecule has 96 valence electrons. The zero-order chi connectivity index (χ0) is 14.0. The molecular weight excluding hydrogens is 247 g/mol. The second-order valence-corrected chi connectivity index (χ2v) is 4.10. The van der Waals surface area contributed by atoms with E-state index in [0.29, 0.717) is 16.7 Å². The zero-order valence-electron chi connectivity index (χ0n) is 10.2. The van der Waals surface area contributed by atoms with Crippen molar-refractivity contribution in [1.29, 1.82) is 0 Å². The van der Waals surface area contributed by atoms with E-state index in [4.69, 9.17) is 5.11 Å². The Morgan fingerprint density at radius 1 is 1.05 bits per heavy atom. The van der Waals surface area contributed by atoms with Crippen molar-refractivity contribution in [3.05, 3.63) is 59.4 Å². The number of carbonyl (C=O) groups excluding carboxylic acids is 1. The molecule has 0 fully saturated rings. The third-order valence-corrected chi connectivity index (χ3v) is 2.83. The van der Waals surface area contributed by atoms with E-state index in [1.807, 2.05) is 0 Å². The van der Waals surface area contributed by atoms with E-state index in [1.165, 1.54) is 19.1 Å². The van der Waals surface area contributed by atoms with Gasteiger partial charge >= 0.3 is 5.97 Å². The molecule has 19 heavy (non-hydrogen) atoms. The van der Waals surface area contributed by atoms with Crippen LogP contribution in [-0.4, -0.2) is 16.9 Å². The lowest BCUT2D eigenvalue weighted by Gasteiger charge is -2.07. The Balaban J connectivity index is 2.56. The smallest absolute Gasteiger partial charge is 0.339 e. The minimum absolute atomic E-state index is 0.0794. The van der Waals surface area contributed by atoms with Gasteiger partial charge in [-0.15, -0.1) is 0 Å². The van der Waals surface area contributed by atoms with Gasteiger partial charge in [0.2, 0.25) is 0 Å². The van der Waals surface area contributed by atoms with Gasteiger partial charge in [-0.2, -0.15) is 0 Å². The molecule has 0 radical (unpaired) electrons. The number of rotatable bonds is 3. The van der Waals surface area contributed by atoms with Gasteiger partial charge in [0, 0.05) is 5.56 Å². The van der Waals surface area contributed by atoms with Crippen LogP contribution < -0.4 is 0 Å². The molecule has 0 atom stereocenters. The molecule has 0 spiro atoms. The second-order valence-electron chi connectivity index (χ2n) is 4.10. The molecule has 0 aliphatic rings. The van der Waals surface area contributed by atoms with Gasteiger partial charge in [-0.25, -0.2) is 9.18 Å². The van der Waals surface area contributed by atoms with Crippen molar-refractivity contribution in [2.75, 3.05) is 0 Å². The number of hydrogen-bond donors (Lipinski definition) is 1. The summed E-state index contributed by atoms with van der Waals surface area (Å²) in [7, 11) is 0. The monoisotopic (exact) mass is 258 g/mol. The van der Waals surface area contributed by atoms with Crippen molar-refractivity contribution >= 4 is 11.8 Å². The quantitative estimate of drug-likeness (QED) is 0.858. The molecule has 0 aliphatic carbocycles. The van der Waals surface area contributed by atoms with Crippen LogP contribution in [0.4, 0.5) is 4.39 Å². The number of carbonyl (C=O) groups is 2. The Morgan fingerprint density at radius 2 is 1.68 bits per heavy atom. The minimum atomic E-state index is -1.32. The summed E-state index contributed by atoms with van der Waals surface area (Å²) in [5.41, 5.74) is 1.01. The third kappa shape index (κ3) is 2.52. The molecule has 2 rings (SSSR count). The maximum atomic E-state index is 13.6. The van der Waals surface area contributed by atoms with Gasteiger partial charge in [-0.1, -0.05) is 36.4 Å². The van der Waals surface area contributed by atoms with Crippen LogP contribution in [0.2, 0.25) is 0 Å². The van der Waals surface area contributed by atoms with Crippen LogP contribution in [-0.2, 0) is 0 Å². The van der Waals surface area contributed by atoms with Crippen molar-refractivity contribution in [3.63, 3.8) is 0 Å². The van der Waals surface area contributed by atoms with Crippen molar-refractivity contribution in [2.24, 2.45) is 0 Å². The molecule has 2 aromatic rings. The first-order chi connectivity index (χ1) is 9.00. The first kappa shape index (κ1) is 13.0. The van der Waals surface area contributed by atoms with E-state index >= 15 is 0 Å². The molecule has 4 heteroatoms. The van der Waals surface area contributed by atoms with E-state index in [1.54, 1.807) is 24.3 Å². The number of ketones is 1. The molecule has 0 saturated heterocycles. The van der Waals surface area contributed by atoms with Crippen LogP contribution in [0.3, 0.4) is 0 Å². The Morgan fingerprint density at radius 3 is 2.21 bits per heavy atom. The van der Waals surface area contributed by atoms with E-state index in [-0.39, 0.29) is 11.3 Å². The lowest BCUT2D eigenvalue weighted by Crippen LogP contribution is -2.03. The minimum Gasteiger partial charge on any atom is -0.478 e. The maximum Gasteiger partial charge on any atom is 0.339 e. The van der Waals surface area contributed by atoms with Crippen molar-refractivity contribution in [2.45, 2.75) is 6.92 Å². The van der Waals surface area contributed by atoms with Crippen molar-refractivity contribution < 1.29 is 19.1 Å². The number of hydrogen-bond acceptors (Lipinski definition) is 2. The number of benzene rings is 2. The van der Waals surface area contributed by atoms with Crippen LogP contribution >= 0.6 is 0 Å². The van der Waals surface area contributed by atoms with E-state index in [0.717, 1.165) is 6.07 Å². The van der Waals surface area contributed by atoms with Gasteiger partial charge in [0.1, 0.15) is 11.4 Å². The van der Waals surface area contributed by atoms with Crippen molar-refractivity contribution in [1.82, 2.24) is 0 Å². The van der Waals surface area contributed by atoms with Gasteiger partial charge < -0.3 is 5.11 Å². The summed E-state index contributed by atoms with van der Waals surface area (Å²) in [5, 5.41) is 9.06. The fraction of sp³-hybridized carbons (Fsp3) is 0.0667. The number of Topliss-reactive ketones (excluding diaryl/α,β-unsaturated/α-hetero) is 1. The highest BCUT2D eigenvalue weighted by atomic mass is 19.1. The predicted octanol–water partition coefficient (Wildman–Crippen LogP) is 3.39. The normalized spacial score (nSPS) is 10.2. The molecule has 0 unspecified atom stereocenters. The van der Waals surface area contributed by atoms with Gasteiger partial charge in [0.25, 0.3) is 0 Å². The van der Waals surface area contributed by atoms with Gasteiger partial charge in [-0.3, -0.25) is 4.79 Å². The fourth-order valence-electron chi connectivity index (χ4n) is 1.87. The molecule has 3 nitrogen and oxygen atoms in total. The van der Waals surface area contributed by atoms with Crippen LogP contribution in [0.15, 0.2) is 42.5 Å². The summed E-state index contributed by atoms with van der Waals surface area (Å²) in [4.78, 5) is 22.3. The maximum absolute atomic E-state index is 13.6. The van der Waals surface area contributed by atoms with Crippen LogP contribution in [0.1, 0.15) is 27.6 Å². The van der Waals surface area contributed by atoms with Gasteiger partial charge in [-0.05, 0) is 24.1 Å². The average Bonchev–Trinajstić information content (AvgIpc) is 2.38. The number of carboxylic acids is 1. The summed E-state index contributed by atoms with van der Waals surface area (Å²) in [6.07, 6.45) is 0. The number of carboxylic acid groups (broad SMARTS) is 1. The van der Waals surface area contributed by atoms with E-state index in [2.05, 4.69) is 0 Å². The summed E-state index contributed by atoms with van der Waals surface area (Å²) in [5.74, 6) is -2.17. The lowest BCUT2D eigenvalue weighted by atomic mass is 9.98. The predicted molar refractivity (Wildman–Crippen MR) is 68.8 cm³/mol. The van der Waals surface area contributed by atoms with Gasteiger partial charge in [0.15, 0.2) is 5.78 Å². The Hall–Kier alpha value is -2.49. The largest absolute Gasteiger partial charge is 0.478 e. The zero-order valence-corrected chi connectivity index (χ0v) is 10.2. The molecule has 2 aromatic carbocycles. The van der Waals surface area contributed by atoms with Crippen LogP contribution in [0.5, 0.6) is 0 Å². The summed E-state index contributed by atoms with van der Waals surface area (Å²) in [6.45, 7) is 1.44. The molecule has 0 aliphatic heterocycles. The van der Waals surface area contributed by atoms with Gasteiger partial charge in [0.05, 0.1) is 0 Å². The Labute approximate surface area is 109 Å². The third-order valence-electron chi connectivity index (χ3n) is 2.83. The first-order valence-electron chi connectivity index (χ1n) is 5.64. The summed E-state index contributed by atoms with van der Waals surface area (Å²) in [6, 6.07) is 10.5. The van der Waals surface area contributed by atoms with E-state index in [9.17, 15) is 14.0 Å². The fourth-order valence-corrected chi connectivity index (χ4v) is 1.87. The lowest BCUT2D eigenvalue weighted by molar-refractivity contribution is 0.0692.